The molecule has 2 aromatic heterocycles. The van der Waals surface area contributed by atoms with Crippen molar-refractivity contribution in [3.63, 3.8) is 0 Å². The monoisotopic (exact) mass is 290 g/mol. The second kappa shape index (κ2) is 5.55. The Morgan fingerprint density at radius 3 is 2.79 bits per heavy atom. The van der Waals surface area contributed by atoms with Crippen LogP contribution in [0.1, 0.15) is 22.2 Å². The summed E-state index contributed by atoms with van der Waals surface area (Å²) in [5.74, 6) is 1.31. The molecule has 0 amide bonds. The molecule has 0 aliphatic rings. The maximum Gasteiger partial charge on any atom is 0.231 e. The van der Waals surface area contributed by atoms with E-state index < -0.39 is 0 Å². The molecule has 0 atom stereocenters. The number of benzene rings is 1. The highest BCUT2D eigenvalue weighted by Crippen LogP contribution is 2.18. The first kappa shape index (κ1) is 12.4. The first-order valence-corrected chi connectivity index (χ1v) is 7.14. The lowest BCUT2D eigenvalue weighted by Crippen LogP contribution is -1.92. The van der Waals surface area contributed by atoms with Gasteiger partial charge in [0, 0.05) is 16.3 Å². The van der Waals surface area contributed by atoms with Gasteiger partial charge in [0.25, 0.3) is 0 Å². The number of nitrogens with zero attached hydrogens (tertiary/aromatic N) is 2. The van der Waals surface area contributed by atoms with Crippen molar-refractivity contribution in [2.75, 3.05) is 0 Å². The summed E-state index contributed by atoms with van der Waals surface area (Å²) in [4.78, 5) is 5.61. The van der Waals surface area contributed by atoms with Crippen molar-refractivity contribution >= 4 is 22.9 Å². The highest BCUT2D eigenvalue weighted by molar-refractivity contribution is 7.09. The lowest BCUT2D eigenvalue weighted by Gasteiger charge is -1.98. The second-order valence-electron chi connectivity index (χ2n) is 4.13. The van der Waals surface area contributed by atoms with Crippen LogP contribution in [0.3, 0.4) is 0 Å². The van der Waals surface area contributed by atoms with E-state index in [4.69, 9.17) is 16.1 Å². The smallest absolute Gasteiger partial charge is 0.231 e. The first-order chi connectivity index (χ1) is 9.31. The number of hydrogen-bond acceptors (Lipinski definition) is 4. The van der Waals surface area contributed by atoms with Gasteiger partial charge in [-0.15, -0.1) is 11.3 Å². The number of hydrogen-bond donors (Lipinski definition) is 0. The fourth-order valence-corrected chi connectivity index (χ4v) is 2.71. The SMILES string of the molecule is Clc1ccccc1Cc1noc(Cc2cccs2)n1. The van der Waals surface area contributed by atoms with E-state index in [1.807, 2.05) is 35.7 Å². The molecular formula is C14H11ClN2OS. The molecule has 0 radical (unpaired) electrons. The summed E-state index contributed by atoms with van der Waals surface area (Å²) in [5, 5.41) is 6.76. The summed E-state index contributed by atoms with van der Waals surface area (Å²) in [6, 6.07) is 11.8. The zero-order valence-corrected chi connectivity index (χ0v) is 11.6. The van der Waals surface area contributed by atoms with E-state index in [-0.39, 0.29) is 0 Å². The molecule has 0 unspecified atom stereocenters. The molecule has 0 aliphatic carbocycles. The molecule has 0 fully saturated rings. The van der Waals surface area contributed by atoms with Gasteiger partial charge in [-0.05, 0) is 23.1 Å². The number of thiophene rings is 1. The van der Waals surface area contributed by atoms with Crippen molar-refractivity contribution in [1.29, 1.82) is 0 Å². The van der Waals surface area contributed by atoms with Crippen LogP contribution in [-0.2, 0) is 12.8 Å². The van der Waals surface area contributed by atoms with Gasteiger partial charge < -0.3 is 4.52 Å². The van der Waals surface area contributed by atoms with Crippen molar-refractivity contribution in [2.45, 2.75) is 12.8 Å². The third kappa shape index (κ3) is 3.03. The minimum Gasteiger partial charge on any atom is -0.339 e. The Kier molecular flexibility index (Phi) is 3.62. The summed E-state index contributed by atoms with van der Waals surface area (Å²) in [6.07, 6.45) is 1.28. The minimum absolute atomic E-state index is 0.591. The maximum absolute atomic E-state index is 6.11. The molecule has 0 N–H and O–H groups in total. The Labute approximate surface area is 119 Å². The predicted molar refractivity (Wildman–Crippen MR) is 75.7 cm³/mol. The molecule has 0 saturated heterocycles. The van der Waals surface area contributed by atoms with Gasteiger partial charge in [0.15, 0.2) is 5.82 Å². The predicted octanol–water partition coefficient (Wildman–Crippen LogP) is 3.97. The molecule has 0 saturated carbocycles. The van der Waals surface area contributed by atoms with Gasteiger partial charge in [0.2, 0.25) is 5.89 Å². The molecule has 2 heterocycles. The van der Waals surface area contributed by atoms with E-state index in [1.165, 1.54) is 4.88 Å². The van der Waals surface area contributed by atoms with E-state index in [0.29, 0.717) is 24.6 Å². The first-order valence-electron chi connectivity index (χ1n) is 5.88. The van der Waals surface area contributed by atoms with Crippen LogP contribution in [0, 0.1) is 0 Å². The molecule has 3 aromatic rings. The average molecular weight is 291 g/mol. The third-order valence-electron chi connectivity index (χ3n) is 2.72. The number of aromatic nitrogens is 2. The molecule has 0 spiro atoms. The Morgan fingerprint density at radius 1 is 1.11 bits per heavy atom. The molecule has 0 bridgehead atoms. The van der Waals surface area contributed by atoms with Gasteiger partial charge >= 0.3 is 0 Å². The Balaban J connectivity index is 1.73. The van der Waals surface area contributed by atoms with Crippen LogP contribution < -0.4 is 0 Å². The zero-order valence-electron chi connectivity index (χ0n) is 10.0. The van der Waals surface area contributed by atoms with Crippen LogP contribution >= 0.6 is 22.9 Å². The van der Waals surface area contributed by atoms with E-state index >= 15 is 0 Å². The normalized spacial score (nSPS) is 10.8. The molecule has 19 heavy (non-hydrogen) atoms. The topological polar surface area (TPSA) is 38.9 Å². The zero-order chi connectivity index (χ0) is 13.1. The molecule has 5 heteroatoms. The highest BCUT2D eigenvalue weighted by Gasteiger charge is 2.09. The molecule has 96 valence electrons. The Hall–Kier alpha value is -1.65. The van der Waals surface area contributed by atoms with Crippen molar-refractivity contribution in [2.24, 2.45) is 0 Å². The van der Waals surface area contributed by atoms with Crippen LogP contribution in [0.25, 0.3) is 0 Å². The van der Waals surface area contributed by atoms with E-state index in [9.17, 15) is 0 Å². The van der Waals surface area contributed by atoms with Gasteiger partial charge in [-0.3, -0.25) is 0 Å². The molecule has 3 nitrogen and oxygen atoms in total. The quantitative estimate of drug-likeness (QED) is 0.730. The van der Waals surface area contributed by atoms with Gasteiger partial charge in [-0.2, -0.15) is 4.98 Å². The summed E-state index contributed by atoms with van der Waals surface area (Å²) >= 11 is 7.80. The molecule has 1 aromatic carbocycles. The van der Waals surface area contributed by atoms with E-state index in [2.05, 4.69) is 16.2 Å². The third-order valence-corrected chi connectivity index (χ3v) is 3.97. The number of rotatable bonds is 4. The van der Waals surface area contributed by atoms with E-state index in [0.717, 1.165) is 10.6 Å². The fourth-order valence-electron chi connectivity index (χ4n) is 1.81. The standard InChI is InChI=1S/C14H11ClN2OS/c15-12-6-2-1-4-10(12)8-13-16-14(18-17-13)9-11-5-3-7-19-11/h1-7H,8-9H2. The summed E-state index contributed by atoms with van der Waals surface area (Å²) < 4.78 is 5.25. The maximum atomic E-state index is 6.11. The summed E-state index contributed by atoms with van der Waals surface area (Å²) in [5.41, 5.74) is 1.01. The van der Waals surface area contributed by atoms with Crippen LogP contribution in [0.15, 0.2) is 46.3 Å². The van der Waals surface area contributed by atoms with Crippen LogP contribution in [-0.4, -0.2) is 10.1 Å². The Morgan fingerprint density at radius 2 is 2.00 bits per heavy atom. The van der Waals surface area contributed by atoms with Gasteiger partial charge in [-0.25, -0.2) is 0 Å². The van der Waals surface area contributed by atoms with Gasteiger partial charge in [0.1, 0.15) is 0 Å². The molecule has 0 aliphatic heterocycles. The van der Waals surface area contributed by atoms with Gasteiger partial charge in [0.05, 0.1) is 6.42 Å². The van der Waals surface area contributed by atoms with Crippen molar-refractivity contribution < 1.29 is 4.52 Å². The van der Waals surface area contributed by atoms with Crippen LogP contribution in [0.4, 0.5) is 0 Å². The number of halogens is 1. The van der Waals surface area contributed by atoms with Crippen molar-refractivity contribution in [1.82, 2.24) is 10.1 Å². The lowest BCUT2D eigenvalue weighted by molar-refractivity contribution is 0.380. The molecular weight excluding hydrogens is 280 g/mol. The summed E-state index contributed by atoms with van der Waals surface area (Å²) in [7, 11) is 0. The van der Waals surface area contributed by atoms with Crippen LogP contribution in [0.5, 0.6) is 0 Å². The van der Waals surface area contributed by atoms with Crippen LogP contribution in [0.2, 0.25) is 5.02 Å². The largest absolute Gasteiger partial charge is 0.339 e. The minimum atomic E-state index is 0.591. The van der Waals surface area contributed by atoms with Crippen molar-refractivity contribution in [3.05, 3.63) is 69.0 Å². The van der Waals surface area contributed by atoms with Crippen molar-refractivity contribution in [3.8, 4) is 0 Å². The van der Waals surface area contributed by atoms with E-state index in [1.54, 1.807) is 11.3 Å². The fraction of sp³-hybridized carbons (Fsp3) is 0.143. The average Bonchev–Trinajstić information content (AvgIpc) is 3.05. The van der Waals surface area contributed by atoms with Gasteiger partial charge in [-0.1, -0.05) is 41.0 Å². The lowest BCUT2D eigenvalue weighted by atomic mass is 10.1. The highest BCUT2D eigenvalue weighted by atomic mass is 35.5. The second-order valence-corrected chi connectivity index (χ2v) is 5.57. The Bertz CT molecular complexity index is 664. The summed E-state index contributed by atoms with van der Waals surface area (Å²) in [6.45, 7) is 0. The molecule has 3 rings (SSSR count).